The number of hydrogen-bond acceptors (Lipinski definition) is 0. The number of rotatable bonds is 3. The molecule has 0 saturated carbocycles. The zero-order valence-corrected chi connectivity index (χ0v) is 9.26. The van der Waals surface area contributed by atoms with E-state index in [2.05, 4.69) is 6.58 Å². The van der Waals surface area contributed by atoms with Crippen LogP contribution in [0.25, 0.3) is 0 Å². The molecule has 0 aliphatic carbocycles. The Morgan fingerprint density at radius 1 is 1.23 bits per heavy atom. The van der Waals surface area contributed by atoms with Crippen molar-refractivity contribution in [2.24, 2.45) is 0 Å². The Morgan fingerprint density at radius 2 is 1.92 bits per heavy atom. The van der Waals surface area contributed by atoms with Gasteiger partial charge in [-0.15, -0.1) is 0 Å². The smallest absolute Gasteiger partial charge is 0.0595 e. The van der Waals surface area contributed by atoms with Crippen molar-refractivity contribution < 1.29 is 0 Å². The van der Waals surface area contributed by atoms with Gasteiger partial charge in [0.15, 0.2) is 0 Å². The van der Waals surface area contributed by atoms with Crippen molar-refractivity contribution >= 4 is 34.8 Å². The SMILES string of the molecule is C=C(Cl)CCc1ccc(Cl)c(Cl)c1. The minimum absolute atomic E-state index is 0.579. The number of benzene rings is 1. The van der Waals surface area contributed by atoms with Gasteiger partial charge in [0.1, 0.15) is 0 Å². The first-order valence-corrected chi connectivity index (χ1v) is 5.00. The molecule has 70 valence electrons. The van der Waals surface area contributed by atoms with Crippen LogP contribution in [0.4, 0.5) is 0 Å². The summed E-state index contributed by atoms with van der Waals surface area (Å²) in [5.74, 6) is 0. The highest BCUT2D eigenvalue weighted by Gasteiger charge is 1.99. The fourth-order valence-electron chi connectivity index (χ4n) is 0.975. The van der Waals surface area contributed by atoms with Crippen LogP contribution in [-0.4, -0.2) is 0 Å². The molecule has 0 bridgehead atoms. The third kappa shape index (κ3) is 3.60. The predicted octanol–water partition coefficient (Wildman–Crippen LogP) is 4.68. The average Bonchev–Trinajstić information content (AvgIpc) is 2.07. The van der Waals surface area contributed by atoms with Crippen molar-refractivity contribution in [3.63, 3.8) is 0 Å². The van der Waals surface area contributed by atoms with E-state index in [-0.39, 0.29) is 0 Å². The van der Waals surface area contributed by atoms with Gasteiger partial charge in [0.05, 0.1) is 10.0 Å². The summed E-state index contributed by atoms with van der Waals surface area (Å²) < 4.78 is 0. The predicted molar refractivity (Wildman–Crippen MR) is 59.8 cm³/mol. The van der Waals surface area contributed by atoms with Crippen molar-refractivity contribution in [1.82, 2.24) is 0 Å². The van der Waals surface area contributed by atoms with Crippen molar-refractivity contribution in [2.45, 2.75) is 12.8 Å². The zero-order valence-electron chi connectivity index (χ0n) is 6.99. The summed E-state index contributed by atoms with van der Waals surface area (Å²) in [6, 6.07) is 5.58. The van der Waals surface area contributed by atoms with E-state index >= 15 is 0 Å². The molecule has 0 N–H and O–H groups in total. The number of aryl methyl sites for hydroxylation is 1. The summed E-state index contributed by atoms with van der Waals surface area (Å²) in [6.07, 6.45) is 1.61. The van der Waals surface area contributed by atoms with Gasteiger partial charge in [0, 0.05) is 5.03 Å². The maximum atomic E-state index is 5.84. The van der Waals surface area contributed by atoms with E-state index in [4.69, 9.17) is 34.8 Å². The normalized spacial score (nSPS) is 10.1. The van der Waals surface area contributed by atoms with Crippen LogP contribution in [-0.2, 0) is 6.42 Å². The van der Waals surface area contributed by atoms with Crippen LogP contribution in [0.1, 0.15) is 12.0 Å². The van der Waals surface area contributed by atoms with Gasteiger partial charge in [-0.25, -0.2) is 0 Å². The second kappa shape index (κ2) is 4.90. The highest BCUT2D eigenvalue weighted by Crippen LogP contribution is 2.23. The molecule has 3 heteroatoms. The second-order valence-corrected chi connectivity index (χ2v) is 4.11. The van der Waals surface area contributed by atoms with Crippen molar-refractivity contribution in [3.05, 3.63) is 45.4 Å². The third-order valence-electron chi connectivity index (χ3n) is 1.67. The Labute approximate surface area is 93.1 Å². The monoisotopic (exact) mass is 234 g/mol. The molecule has 1 rings (SSSR count). The molecule has 0 aromatic heterocycles. The van der Waals surface area contributed by atoms with Gasteiger partial charge in [-0.1, -0.05) is 47.4 Å². The second-order valence-electron chi connectivity index (χ2n) is 2.77. The Morgan fingerprint density at radius 3 is 2.46 bits per heavy atom. The highest BCUT2D eigenvalue weighted by molar-refractivity contribution is 6.42. The van der Waals surface area contributed by atoms with Crippen molar-refractivity contribution in [3.8, 4) is 0 Å². The summed E-state index contributed by atoms with van der Waals surface area (Å²) in [5.41, 5.74) is 1.12. The molecule has 1 aromatic rings. The van der Waals surface area contributed by atoms with Gasteiger partial charge in [0.25, 0.3) is 0 Å². The van der Waals surface area contributed by atoms with Crippen LogP contribution in [0.15, 0.2) is 29.8 Å². The van der Waals surface area contributed by atoms with E-state index in [1.807, 2.05) is 12.1 Å². The Bertz CT molecular complexity index is 318. The third-order valence-corrected chi connectivity index (χ3v) is 2.60. The van der Waals surface area contributed by atoms with Gasteiger partial charge in [-0.05, 0) is 30.5 Å². The molecule has 0 aliphatic rings. The molecule has 0 nitrogen and oxygen atoms in total. The fraction of sp³-hybridized carbons (Fsp3) is 0.200. The van der Waals surface area contributed by atoms with Gasteiger partial charge < -0.3 is 0 Å². The standard InChI is InChI=1S/C10H9Cl3/c1-7(11)2-3-8-4-5-9(12)10(13)6-8/h4-6H,1-3H2. The van der Waals surface area contributed by atoms with Crippen LogP contribution in [0, 0.1) is 0 Å². The van der Waals surface area contributed by atoms with E-state index in [0.29, 0.717) is 15.1 Å². The van der Waals surface area contributed by atoms with Crippen molar-refractivity contribution in [1.29, 1.82) is 0 Å². The first-order valence-electron chi connectivity index (χ1n) is 3.87. The molecular weight excluding hydrogens is 226 g/mol. The van der Waals surface area contributed by atoms with Crippen LogP contribution >= 0.6 is 34.8 Å². The molecule has 0 aliphatic heterocycles. The van der Waals surface area contributed by atoms with Crippen LogP contribution in [0.2, 0.25) is 10.0 Å². The highest BCUT2D eigenvalue weighted by atomic mass is 35.5. The minimum Gasteiger partial charge on any atom is -0.0898 e. The van der Waals surface area contributed by atoms with Crippen LogP contribution < -0.4 is 0 Å². The van der Waals surface area contributed by atoms with E-state index < -0.39 is 0 Å². The summed E-state index contributed by atoms with van der Waals surface area (Å²) in [7, 11) is 0. The first kappa shape index (κ1) is 10.9. The topological polar surface area (TPSA) is 0 Å². The Balaban J connectivity index is 2.68. The van der Waals surface area contributed by atoms with Crippen molar-refractivity contribution in [2.75, 3.05) is 0 Å². The average molecular weight is 236 g/mol. The van der Waals surface area contributed by atoms with E-state index in [0.717, 1.165) is 18.4 Å². The van der Waals surface area contributed by atoms with Crippen LogP contribution in [0.5, 0.6) is 0 Å². The molecule has 1 aromatic carbocycles. The summed E-state index contributed by atoms with van der Waals surface area (Å²) in [6.45, 7) is 3.62. The number of allylic oxidation sites excluding steroid dienone is 1. The molecule has 0 fully saturated rings. The Hall–Kier alpha value is -0.170. The van der Waals surface area contributed by atoms with Gasteiger partial charge >= 0.3 is 0 Å². The lowest BCUT2D eigenvalue weighted by atomic mass is 10.1. The van der Waals surface area contributed by atoms with Gasteiger partial charge in [-0.3, -0.25) is 0 Å². The molecule has 0 saturated heterocycles. The first-order chi connectivity index (χ1) is 6.09. The zero-order chi connectivity index (χ0) is 9.84. The molecule has 0 radical (unpaired) electrons. The maximum absolute atomic E-state index is 5.84. The molecule has 13 heavy (non-hydrogen) atoms. The minimum atomic E-state index is 0.579. The molecule has 0 unspecified atom stereocenters. The van der Waals surface area contributed by atoms with Crippen LogP contribution in [0.3, 0.4) is 0 Å². The Kier molecular flexibility index (Phi) is 4.11. The lowest BCUT2D eigenvalue weighted by Crippen LogP contribution is -1.84. The molecular formula is C10H9Cl3. The molecule has 0 atom stereocenters. The summed E-state index contributed by atoms with van der Waals surface area (Å²) in [4.78, 5) is 0. The fourth-order valence-corrected chi connectivity index (χ4v) is 1.39. The number of halogens is 3. The summed E-state index contributed by atoms with van der Waals surface area (Å²) >= 11 is 17.3. The molecule has 0 amide bonds. The molecule has 0 spiro atoms. The van der Waals surface area contributed by atoms with E-state index in [1.165, 1.54) is 0 Å². The molecule has 0 heterocycles. The quantitative estimate of drug-likeness (QED) is 0.714. The van der Waals surface area contributed by atoms with E-state index in [9.17, 15) is 0 Å². The number of hydrogen-bond donors (Lipinski definition) is 0. The van der Waals surface area contributed by atoms with E-state index in [1.54, 1.807) is 6.07 Å². The van der Waals surface area contributed by atoms with Gasteiger partial charge in [-0.2, -0.15) is 0 Å². The van der Waals surface area contributed by atoms with Gasteiger partial charge in [0.2, 0.25) is 0 Å². The largest absolute Gasteiger partial charge is 0.0898 e. The lowest BCUT2D eigenvalue weighted by molar-refractivity contribution is 0.990. The maximum Gasteiger partial charge on any atom is 0.0595 e. The lowest BCUT2D eigenvalue weighted by Gasteiger charge is -2.01. The summed E-state index contributed by atoms with van der Waals surface area (Å²) in [5, 5.41) is 1.82.